The maximum atomic E-state index is 13.8. The van der Waals surface area contributed by atoms with Crippen LogP contribution in [0.4, 0.5) is 17.5 Å². The van der Waals surface area contributed by atoms with Gasteiger partial charge in [0.15, 0.2) is 0 Å². The predicted octanol–water partition coefficient (Wildman–Crippen LogP) is 7.44. The Hall–Kier alpha value is -5.01. The number of anilines is 3. The molecular formula is C42H46N6O4SSi. The molecule has 3 aromatic carbocycles. The van der Waals surface area contributed by atoms with E-state index >= 15 is 0 Å². The van der Waals surface area contributed by atoms with Crippen LogP contribution in [0.15, 0.2) is 103 Å². The van der Waals surface area contributed by atoms with Gasteiger partial charge in [-0.1, -0.05) is 93.6 Å². The first kappa shape index (κ1) is 37.3. The van der Waals surface area contributed by atoms with Crippen molar-refractivity contribution in [3.05, 3.63) is 115 Å². The van der Waals surface area contributed by atoms with Crippen LogP contribution in [-0.4, -0.2) is 66.7 Å². The van der Waals surface area contributed by atoms with Crippen LogP contribution in [0.2, 0.25) is 5.04 Å². The van der Waals surface area contributed by atoms with E-state index in [1.165, 1.54) is 7.11 Å². The van der Waals surface area contributed by atoms with E-state index in [1.807, 2.05) is 56.3 Å². The number of thiazole rings is 1. The number of esters is 1. The zero-order valence-corrected chi connectivity index (χ0v) is 33.5. The van der Waals surface area contributed by atoms with Gasteiger partial charge in [0, 0.05) is 30.4 Å². The van der Waals surface area contributed by atoms with Crippen molar-refractivity contribution >= 4 is 63.7 Å². The molecule has 0 aliphatic heterocycles. The number of rotatable bonds is 11. The lowest BCUT2D eigenvalue weighted by Crippen LogP contribution is -2.69. The molecule has 0 amide bonds. The largest absolute Gasteiger partial charge is 0.469 e. The molecule has 0 radical (unpaired) electrons. The van der Waals surface area contributed by atoms with Crippen molar-refractivity contribution in [1.29, 1.82) is 0 Å². The van der Waals surface area contributed by atoms with Crippen molar-refractivity contribution in [2.75, 3.05) is 24.9 Å². The van der Waals surface area contributed by atoms with Gasteiger partial charge in [-0.05, 0) is 59.9 Å². The Morgan fingerprint density at radius 3 is 2.06 bits per heavy atom. The molecule has 10 nitrogen and oxygen atoms in total. The molecule has 6 aromatic rings. The van der Waals surface area contributed by atoms with Crippen LogP contribution in [0.25, 0.3) is 20.8 Å². The minimum atomic E-state index is -3.10. The summed E-state index contributed by atoms with van der Waals surface area (Å²) in [6.45, 7) is 10.6. The highest BCUT2D eigenvalue weighted by atomic mass is 32.1. The number of pyridine rings is 1. The van der Waals surface area contributed by atoms with Gasteiger partial charge in [-0.15, -0.1) is 11.3 Å². The average Bonchev–Trinajstić information content (AvgIpc) is 3.74. The number of hydrogen-bond acceptors (Lipinski definition) is 11. The second kappa shape index (κ2) is 15.4. The number of carbonyl (C=O) groups excluding carboxylic acids is 1. The third-order valence-corrected chi connectivity index (χ3v) is 16.2. The van der Waals surface area contributed by atoms with Gasteiger partial charge in [-0.3, -0.25) is 9.78 Å². The van der Waals surface area contributed by atoms with Gasteiger partial charge in [0.25, 0.3) is 8.32 Å². The van der Waals surface area contributed by atoms with E-state index in [9.17, 15) is 4.79 Å². The van der Waals surface area contributed by atoms with Gasteiger partial charge in [0.2, 0.25) is 5.95 Å². The van der Waals surface area contributed by atoms with Crippen molar-refractivity contribution in [3.8, 4) is 10.6 Å². The minimum absolute atomic E-state index is 0.322. The normalized spacial score (nSPS) is 18.8. The topological polar surface area (TPSA) is 120 Å². The molecule has 0 spiro atoms. The molecule has 12 heteroatoms. The number of benzene rings is 3. The van der Waals surface area contributed by atoms with Gasteiger partial charge >= 0.3 is 5.97 Å². The molecule has 2 N–H and O–H groups in total. The summed E-state index contributed by atoms with van der Waals surface area (Å²) in [5.74, 6) is 0.0103. The Bertz CT molecular complexity index is 2150. The second-order valence-corrected chi connectivity index (χ2v) is 20.1. The standard InChI is InChI=1S/C42H46N6O4SSi/c1-26-22-28(23-27(2)44-26)45-41-43-25-32(39-47-33-20-14-15-21-35(33)53-39)38(48-41)46-34-24-31(40(49)51-7)36(37(34)50-6)52-54(42(3,4)5,29-16-10-8-11-17-29)30-18-12-9-13-19-30/h8-23,25,31,34,36-37H,24H2,1-7H3,(H2,43,44,45,46,48)/t31?,34-,36?,37+/m1/s1. The van der Waals surface area contributed by atoms with Crippen LogP contribution < -0.4 is 21.0 Å². The third-order valence-electron chi connectivity index (χ3n) is 10.1. The maximum Gasteiger partial charge on any atom is 0.311 e. The fourth-order valence-corrected chi connectivity index (χ4v) is 13.5. The van der Waals surface area contributed by atoms with Crippen LogP contribution >= 0.6 is 11.3 Å². The van der Waals surface area contributed by atoms with Crippen LogP contribution in [0.1, 0.15) is 38.6 Å². The summed E-state index contributed by atoms with van der Waals surface area (Å²) in [5.41, 5.74) is 4.24. The van der Waals surface area contributed by atoms with Crippen LogP contribution in [0.5, 0.6) is 0 Å². The molecule has 4 atom stereocenters. The molecule has 7 rings (SSSR count). The summed E-state index contributed by atoms with van der Waals surface area (Å²) < 4.78 is 20.5. The number of fused-ring (bicyclic) bond motifs is 1. The van der Waals surface area contributed by atoms with Crippen molar-refractivity contribution in [2.45, 2.75) is 64.3 Å². The summed E-state index contributed by atoms with van der Waals surface area (Å²) in [5, 5.41) is 9.76. The molecule has 1 saturated carbocycles. The minimum Gasteiger partial charge on any atom is -0.469 e. The lowest BCUT2D eigenvalue weighted by molar-refractivity contribution is -0.149. The quantitative estimate of drug-likeness (QED) is 0.102. The first-order chi connectivity index (χ1) is 26.0. The van der Waals surface area contributed by atoms with Crippen molar-refractivity contribution in [1.82, 2.24) is 19.9 Å². The number of carbonyl (C=O) groups is 1. The van der Waals surface area contributed by atoms with E-state index in [0.717, 1.165) is 48.2 Å². The molecule has 1 fully saturated rings. The SMILES string of the molecule is COC(=O)C1C[C@@H](Nc2nc(Nc3cc(C)nc(C)c3)ncc2-c2nc3ccccc3s2)[C@H](OC)C1O[Si](c1ccccc1)(c1ccccc1)C(C)(C)C. The Labute approximate surface area is 321 Å². The molecule has 3 aromatic heterocycles. The fraction of sp³-hybridized carbons (Fsp3) is 0.310. The maximum absolute atomic E-state index is 13.8. The number of aryl methyl sites for hydroxylation is 2. The van der Waals surface area contributed by atoms with E-state index < -0.39 is 26.4 Å². The summed E-state index contributed by atoms with van der Waals surface area (Å²) in [7, 11) is 0.00506. The van der Waals surface area contributed by atoms with E-state index in [2.05, 4.69) is 91.0 Å². The van der Waals surface area contributed by atoms with Crippen LogP contribution in [0.3, 0.4) is 0 Å². The smallest absolute Gasteiger partial charge is 0.311 e. The molecule has 0 saturated heterocycles. The molecule has 1 aliphatic rings. The molecule has 1 aliphatic carbocycles. The van der Waals surface area contributed by atoms with Crippen LogP contribution in [0, 0.1) is 19.8 Å². The molecule has 54 heavy (non-hydrogen) atoms. The van der Waals surface area contributed by atoms with Crippen molar-refractivity contribution in [3.63, 3.8) is 0 Å². The first-order valence-electron chi connectivity index (χ1n) is 18.1. The second-order valence-electron chi connectivity index (χ2n) is 14.8. The van der Waals surface area contributed by atoms with Gasteiger partial charge in [0.05, 0.1) is 41.0 Å². The highest BCUT2D eigenvalue weighted by molar-refractivity contribution is 7.21. The van der Waals surface area contributed by atoms with Crippen molar-refractivity contribution < 1.29 is 18.7 Å². The predicted molar refractivity (Wildman–Crippen MR) is 218 cm³/mol. The monoisotopic (exact) mass is 758 g/mol. The van der Waals surface area contributed by atoms with Gasteiger partial charge in [-0.25, -0.2) is 9.97 Å². The summed E-state index contributed by atoms with van der Waals surface area (Å²) >= 11 is 1.57. The highest BCUT2D eigenvalue weighted by Gasteiger charge is 2.57. The van der Waals surface area contributed by atoms with E-state index in [4.69, 9.17) is 28.9 Å². The molecule has 3 heterocycles. The highest BCUT2D eigenvalue weighted by Crippen LogP contribution is 2.43. The zero-order chi connectivity index (χ0) is 38.0. The number of ether oxygens (including phenoxy) is 2. The van der Waals surface area contributed by atoms with Crippen molar-refractivity contribution in [2.24, 2.45) is 5.92 Å². The number of aromatic nitrogens is 4. The number of para-hydroxylation sites is 1. The Morgan fingerprint density at radius 2 is 1.46 bits per heavy atom. The lowest BCUT2D eigenvalue weighted by atomic mass is 10.1. The Morgan fingerprint density at radius 1 is 0.833 bits per heavy atom. The van der Waals surface area contributed by atoms with E-state index in [0.29, 0.717) is 18.2 Å². The molecule has 278 valence electrons. The summed E-state index contributed by atoms with van der Waals surface area (Å²) in [6, 6.07) is 32.4. The number of methoxy groups -OCH3 is 2. The summed E-state index contributed by atoms with van der Waals surface area (Å²) in [6.07, 6.45) is 1.000. The number of nitrogens with one attached hydrogen (secondary N) is 2. The van der Waals surface area contributed by atoms with Gasteiger partial charge in [-0.2, -0.15) is 4.98 Å². The number of nitrogens with zero attached hydrogens (tertiary/aromatic N) is 4. The Balaban J connectivity index is 1.32. The molecule has 0 bridgehead atoms. The van der Waals surface area contributed by atoms with Gasteiger partial charge in [0.1, 0.15) is 16.9 Å². The lowest BCUT2D eigenvalue weighted by Gasteiger charge is -2.46. The first-order valence-corrected chi connectivity index (χ1v) is 20.8. The summed E-state index contributed by atoms with van der Waals surface area (Å²) in [4.78, 5) is 33.0. The van der Waals surface area contributed by atoms with Gasteiger partial charge < -0.3 is 24.5 Å². The van der Waals surface area contributed by atoms with E-state index in [1.54, 1.807) is 24.6 Å². The van der Waals surface area contributed by atoms with E-state index in [-0.39, 0.29) is 17.0 Å². The molecular weight excluding hydrogens is 713 g/mol. The third kappa shape index (κ3) is 7.26. The number of hydrogen-bond donors (Lipinski definition) is 2. The zero-order valence-electron chi connectivity index (χ0n) is 31.7. The molecule has 2 unspecified atom stereocenters. The van der Waals surface area contributed by atoms with Crippen LogP contribution in [-0.2, 0) is 18.7 Å². The Kier molecular flexibility index (Phi) is 10.6. The fourth-order valence-electron chi connectivity index (χ4n) is 7.77. The average molecular weight is 759 g/mol.